The fourth-order valence-electron chi connectivity index (χ4n) is 2.32. The van der Waals surface area contributed by atoms with Gasteiger partial charge in [-0.3, -0.25) is 14.3 Å². The predicted octanol–water partition coefficient (Wildman–Crippen LogP) is 0.650. The van der Waals surface area contributed by atoms with Crippen molar-refractivity contribution in [2.75, 3.05) is 13.7 Å². The van der Waals surface area contributed by atoms with Crippen molar-refractivity contribution in [1.29, 1.82) is 0 Å². The van der Waals surface area contributed by atoms with Crippen LogP contribution in [0, 0.1) is 0 Å². The highest BCUT2D eigenvalue weighted by Gasteiger charge is 2.13. The molecule has 7 nitrogen and oxygen atoms in total. The molecule has 0 aliphatic rings. The number of methoxy groups -OCH3 is 1. The van der Waals surface area contributed by atoms with Crippen LogP contribution in [0.2, 0.25) is 0 Å². The molecule has 0 spiro atoms. The van der Waals surface area contributed by atoms with Crippen molar-refractivity contribution in [1.82, 2.24) is 19.5 Å². The summed E-state index contributed by atoms with van der Waals surface area (Å²) in [6.45, 7) is 0.835. The van der Waals surface area contributed by atoms with Gasteiger partial charge in [-0.15, -0.1) is 0 Å². The molecule has 0 amide bonds. The Morgan fingerprint density at radius 2 is 1.95 bits per heavy atom. The maximum Gasteiger partial charge on any atom is 0.330 e. The van der Waals surface area contributed by atoms with E-state index < -0.39 is 11.2 Å². The number of aromatic nitrogens is 4. The third-order valence-corrected chi connectivity index (χ3v) is 3.41. The van der Waals surface area contributed by atoms with Crippen LogP contribution in [0.4, 0.5) is 0 Å². The first-order valence-electron chi connectivity index (χ1n) is 6.93. The Balaban J connectivity index is 2.10. The van der Waals surface area contributed by atoms with Gasteiger partial charge in [0.05, 0.1) is 13.2 Å². The molecule has 2 heterocycles. The summed E-state index contributed by atoms with van der Waals surface area (Å²) in [5.74, 6) is 0.620. The van der Waals surface area contributed by atoms with Crippen molar-refractivity contribution in [2.45, 2.75) is 13.0 Å². The van der Waals surface area contributed by atoms with E-state index in [4.69, 9.17) is 4.74 Å². The number of aromatic amines is 2. The molecule has 0 fully saturated rings. The van der Waals surface area contributed by atoms with Crippen molar-refractivity contribution in [2.24, 2.45) is 0 Å². The number of nitrogens with zero attached hydrogens (tertiary/aromatic N) is 2. The molecule has 114 valence electrons. The first-order chi connectivity index (χ1) is 10.7. The van der Waals surface area contributed by atoms with Crippen molar-refractivity contribution >= 4 is 11.2 Å². The van der Waals surface area contributed by atoms with Crippen LogP contribution in [0.3, 0.4) is 0 Å². The largest absolute Gasteiger partial charge is 0.384 e. The number of imidazole rings is 1. The smallest absolute Gasteiger partial charge is 0.330 e. The maximum atomic E-state index is 12.1. The number of benzene rings is 1. The molecule has 22 heavy (non-hydrogen) atoms. The zero-order valence-electron chi connectivity index (χ0n) is 12.1. The van der Waals surface area contributed by atoms with E-state index in [0.717, 1.165) is 5.56 Å². The van der Waals surface area contributed by atoms with E-state index in [1.807, 2.05) is 30.3 Å². The summed E-state index contributed by atoms with van der Waals surface area (Å²) in [7, 11) is 1.60. The van der Waals surface area contributed by atoms with E-state index in [0.29, 0.717) is 36.6 Å². The molecular formula is C15H16N4O3. The van der Waals surface area contributed by atoms with Crippen LogP contribution < -0.4 is 11.2 Å². The van der Waals surface area contributed by atoms with E-state index in [2.05, 4.69) is 15.0 Å². The standard InChI is InChI=1S/C15H16N4O3/c1-22-8-7-11-16-12-13(17-11)19(15(21)18-14(12)20)9-10-5-3-2-4-6-10/h2-6H,7-9H2,1H3,(H,16,17)(H,18,20,21). The zero-order chi connectivity index (χ0) is 15.5. The summed E-state index contributed by atoms with van der Waals surface area (Å²) < 4.78 is 6.46. The molecule has 3 aromatic rings. The fraction of sp³-hybridized carbons (Fsp3) is 0.267. The Bertz CT molecular complexity index is 893. The van der Waals surface area contributed by atoms with Gasteiger partial charge in [0.2, 0.25) is 0 Å². The summed E-state index contributed by atoms with van der Waals surface area (Å²) in [6.07, 6.45) is 0.546. The summed E-state index contributed by atoms with van der Waals surface area (Å²) in [5.41, 5.74) is 0.705. The van der Waals surface area contributed by atoms with Crippen LogP contribution in [-0.4, -0.2) is 33.2 Å². The monoisotopic (exact) mass is 300 g/mol. The molecule has 0 radical (unpaired) electrons. The van der Waals surface area contributed by atoms with Gasteiger partial charge in [-0.05, 0) is 5.56 Å². The summed E-state index contributed by atoms with van der Waals surface area (Å²) in [5, 5.41) is 0. The van der Waals surface area contributed by atoms with Crippen LogP contribution in [0.25, 0.3) is 11.2 Å². The summed E-state index contributed by atoms with van der Waals surface area (Å²) >= 11 is 0. The zero-order valence-corrected chi connectivity index (χ0v) is 12.1. The van der Waals surface area contributed by atoms with Crippen LogP contribution in [0.15, 0.2) is 39.9 Å². The third-order valence-electron chi connectivity index (χ3n) is 3.41. The number of H-pyrrole nitrogens is 2. The highest BCUT2D eigenvalue weighted by atomic mass is 16.5. The van der Waals surface area contributed by atoms with Gasteiger partial charge < -0.3 is 9.72 Å². The summed E-state index contributed by atoms with van der Waals surface area (Å²) in [4.78, 5) is 33.7. The average molecular weight is 300 g/mol. The Morgan fingerprint density at radius 1 is 1.18 bits per heavy atom. The number of rotatable bonds is 5. The molecule has 0 bridgehead atoms. The Kier molecular flexibility index (Phi) is 3.88. The lowest BCUT2D eigenvalue weighted by Crippen LogP contribution is -2.30. The molecule has 7 heteroatoms. The lowest BCUT2D eigenvalue weighted by Gasteiger charge is -2.05. The predicted molar refractivity (Wildman–Crippen MR) is 82.1 cm³/mol. The lowest BCUT2D eigenvalue weighted by molar-refractivity contribution is 0.201. The second kappa shape index (κ2) is 5.98. The van der Waals surface area contributed by atoms with Gasteiger partial charge in [-0.25, -0.2) is 9.78 Å². The van der Waals surface area contributed by atoms with E-state index >= 15 is 0 Å². The highest BCUT2D eigenvalue weighted by molar-refractivity contribution is 5.69. The minimum atomic E-state index is -0.467. The topological polar surface area (TPSA) is 92.8 Å². The number of ether oxygens (including phenoxy) is 1. The molecule has 0 aliphatic heterocycles. The fourth-order valence-corrected chi connectivity index (χ4v) is 2.32. The Labute approximate surface area is 125 Å². The van der Waals surface area contributed by atoms with Crippen LogP contribution in [-0.2, 0) is 17.7 Å². The molecule has 0 aliphatic carbocycles. The second-order valence-electron chi connectivity index (χ2n) is 4.96. The van der Waals surface area contributed by atoms with Crippen LogP contribution in [0.1, 0.15) is 11.4 Å². The molecule has 1 aromatic carbocycles. The number of hydrogen-bond donors (Lipinski definition) is 2. The molecule has 2 N–H and O–H groups in total. The van der Waals surface area contributed by atoms with Crippen LogP contribution in [0.5, 0.6) is 0 Å². The number of fused-ring (bicyclic) bond motifs is 1. The van der Waals surface area contributed by atoms with Gasteiger partial charge in [-0.2, -0.15) is 0 Å². The molecule has 0 saturated heterocycles. The molecule has 3 rings (SSSR count). The Morgan fingerprint density at radius 3 is 2.68 bits per heavy atom. The molecular weight excluding hydrogens is 284 g/mol. The maximum absolute atomic E-state index is 12.1. The molecule has 0 unspecified atom stereocenters. The first kappa shape index (κ1) is 14.3. The third kappa shape index (κ3) is 2.71. The van der Waals surface area contributed by atoms with Gasteiger partial charge in [0.25, 0.3) is 5.56 Å². The van der Waals surface area contributed by atoms with Gasteiger partial charge in [0.1, 0.15) is 11.3 Å². The van der Waals surface area contributed by atoms with E-state index in [1.54, 1.807) is 7.11 Å². The molecule has 0 saturated carbocycles. The SMILES string of the molecule is COCCc1nc2c([nH]1)c(=O)[nH]c(=O)n2Cc1ccccc1. The first-order valence-corrected chi connectivity index (χ1v) is 6.93. The highest BCUT2D eigenvalue weighted by Crippen LogP contribution is 2.08. The normalized spacial score (nSPS) is 11.1. The minimum absolute atomic E-state index is 0.307. The number of nitrogens with one attached hydrogen (secondary N) is 2. The van der Waals surface area contributed by atoms with E-state index in [9.17, 15) is 9.59 Å². The average Bonchev–Trinajstić information content (AvgIpc) is 2.95. The second-order valence-corrected chi connectivity index (χ2v) is 4.96. The summed E-state index contributed by atoms with van der Waals surface area (Å²) in [6, 6.07) is 9.55. The van der Waals surface area contributed by atoms with Crippen molar-refractivity contribution < 1.29 is 4.74 Å². The minimum Gasteiger partial charge on any atom is -0.384 e. The van der Waals surface area contributed by atoms with Gasteiger partial charge in [-0.1, -0.05) is 30.3 Å². The van der Waals surface area contributed by atoms with Gasteiger partial charge >= 0.3 is 5.69 Å². The van der Waals surface area contributed by atoms with Gasteiger partial charge in [0.15, 0.2) is 5.65 Å². The lowest BCUT2D eigenvalue weighted by atomic mass is 10.2. The van der Waals surface area contributed by atoms with Gasteiger partial charge in [0, 0.05) is 13.5 Å². The van der Waals surface area contributed by atoms with E-state index in [1.165, 1.54) is 4.57 Å². The molecule has 0 atom stereocenters. The van der Waals surface area contributed by atoms with Crippen molar-refractivity contribution in [3.63, 3.8) is 0 Å². The molecule has 2 aromatic heterocycles. The Hall–Kier alpha value is -2.67. The van der Waals surface area contributed by atoms with E-state index in [-0.39, 0.29) is 0 Å². The van der Waals surface area contributed by atoms with Crippen molar-refractivity contribution in [3.8, 4) is 0 Å². The number of hydrogen-bond acceptors (Lipinski definition) is 4. The quantitative estimate of drug-likeness (QED) is 0.723. The van der Waals surface area contributed by atoms with Crippen LogP contribution >= 0.6 is 0 Å². The van der Waals surface area contributed by atoms with Crippen molar-refractivity contribution in [3.05, 3.63) is 62.6 Å².